The van der Waals surface area contributed by atoms with E-state index in [9.17, 15) is 27.2 Å². The molecule has 3 aromatic heterocycles. The molecule has 5 aromatic rings. The Balaban J connectivity index is 0.000000310. The maximum atomic E-state index is 15.6. The minimum atomic E-state index is -4.33. The number of halogens is 5. The number of benzene rings is 2. The van der Waals surface area contributed by atoms with Crippen LogP contribution in [0.25, 0.3) is 27.4 Å². The summed E-state index contributed by atoms with van der Waals surface area (Å²) in [5.41, 5.74) is 2.94. The molecule has 2 aromatic carbocycles. The van der Waals surface area contributed by atoms with Gasteiger partial charge in [-0.15, -0.1) is 10.2 Å². The first kappa shape index (κ1) is 58.3. The minimum Gasteiger partial charge on any atom is -0.476 e. The third-order valence-corrected chi connectivity index (χ3v) is 13.5. The van der Waals surface area contributed by atoms with Crippen molar-refractivity contribution in [3.63, 3.8) is 0 Å². The first-order valence-corrected chi connectivity index (χ1v) is 26.0. The quantitative estimate of drug-likeness (QED) is 0.0481. The van der Waals surface area contributed by atoms with Gasteiger partial charge in [0.2, 0.25) is 23.7 Å². The smallest absolute Gasteiger partial charge is 0.476 e. The molecule has 414 valence electrons. The number of nitrogens with zero attached hydrogens (tertiary/aromatic N) is 7. The topological polar surface area (TPSA) is 145 Å². The molecule has 0 saturated carbocycles. The number of likely N-dealkylation sites (N-methyl/N-ethyl adjacent to an activating group) is 1. The summed E-state index contributed by atoms with van der Waals surface area (Å²) in [7, 11) is 2.67. The minimum absolute atomic E-state index is 0.128. The van der Waals surface area contributed by atoms with Gasteiger partial charge in [-0.2, -0.15) is 22.0 Å². The van der Waals surface area contributed by atoms with E-state index >= 15 is 4.39 Å². The molecule has 2 amide bonds. The van der Waals surface area contributed by atoms with Gasteiger partial charge in [0.1, 0.15) is 18.6 Å². The SMILES string of the molecule is CC/C(B1OC(C)(C)C(C)(C)O1)=C(/c1ccc(OCCN(C/C=C/C(=O)N(C)C)C(=O)OC(C)(C)C)nc1)c1ccc2c(c1)c(F)nn2C1CCCCO1.Fc1nn(C2CCCCO2)c2ccc(C#CCC(F)(F)F)cc12. The van der Waals surface area contributed by atoms with Crippen LogP contribution in [0.1, 0.15) is 136 Å². The van der Waals surface area contributed by atoms with Crippen molar-refractivity contribution < 1.29 is 59.8 Å². The van der Waals surface area contributed by atoms with Crippen LogP contribution < -0.4 is 4.74 Å². The number of amides is 2. The van der Waals surface area contributed by atoms with Crippen molar-refractivity contribution in [2.24, 2.45) is 0 Å². The summed E-state index contributed by atoms with van der Waals surface area (Å²) >= 11 is 0. The fourth-order valence-corrected chi connectivity index (χ4v) is 8.83. The second kappa shape index (κ2) is 24.6. The Bertz CT molecular complexity index is 2980. The lowest BCUT2D eigenvalue weighted by molar-refractivity contribution is -0.124. The molecular formula is C56H69BF5N7O8. The van der Waals surface area contributed by atoms with Crippen LogP contribution in [0, 0.1) is 23.7 Å². The van der Waals surface area contributed by atoms with Gasteiger partial charge in [-0.1, -0.05) is 30.9 Å². The Kier molecular flexibility index (Phi) is 18.6. The van der Waals surface area contributed by atoms with E-state index in [1.165, 1.54) is 26.6 Å². The number of aromatic nitrogens is 5. The Morgan fingerprint density at radius 1 is 0.844 bits per heavy atom. The maximum Gasteiger partial charge on any atom is 0.491 e. The van der Waals surface area contributed by atoms with E-state index in [0.717, 1.165) is 60.7 Å². The highest BCUT2D eigenvalue weighted by Crippen LogP contribution is 2.43. The van der Waals surface area contributed by atoms with Crippen molar-refractivity contribution in [2.45, 2.75) is 142 Å². The Hall–Kier alpha value is -6.34. The highest BCUT2D eigenvalue weighted by molar-refractivity contribution is 6.56. The molecule has 15 nitrogen and oxygen atoms in total. The first-order chi connectivity index (χ1) is 36.3. The van der Waals surface area contributed by atoms with Crippen LogP contribution in [0.2, 0.25) is 0 Å². The zero-order valence-electron chi connectivity index (χ0n) is 45.6. The number of hydrogen-bond acceptors (Lipinski definition) is 11. The molecule has 3 aliphatic rings. The van der Waals surface area contributed by atoms with Gasteiger partial charge in [-0.25, -0.2) is 19.1 Å². The fourth-order valence-electron chi connectivity index (χ4n) is 8.83. The molecule has 0 aliphatic carbocycles. The van der Waals surface area contributed by atoms with Crippen LogP contribution in [0.4, 0.5) is 26.7 Å². The maximum absolute atomic E-state index is 15.6. The van der Waals surface area contributed by atoms with Gasteiger partial charge in [0.15, 0.2) is 12.5 Å². The summed E-state index contributed by atoms with van der Waals surface area (Å²) in [6.07, 6.45) is 4.15. The number of ether oxygens (including phenoxy) is 4. The van der Waals surface area contributed by atoms with E-state index < -0.39 is 54.5 Å². The Morgan fingerprint density at radius 3 is 1.95 bits per heavy atom. The van der Waals surface area contributed by atoms with Crippen LogP contribution in [-0.2, 0) is 28.3 Å². The van der Waals surface area contributed by atoms with E-state index in [1.54, 1.807) is 70.0 Å². The van der Waals surface area contributed by atoms with Crippen LogP contribution in [-0.4, -0.2) is 123 Å². The Morgan fingerprint density at radius 2 is 1.43 bits per heavy atom. The van der Waals surface area contributed by atoms with Crippen molar-refractivity contribution >= 4 is 46.5 Å². The highest BCUT2D eigenvalue weighted by atomic mass is 19.4. The lowest BCUT2D eigenvalue weighted by atomic mass is 9.71. The summed E-state index contributed by atoms with van der Waals surface area (Å²) in [4.78, 5) is 32.6. The predicted molar refractivity (Wildman–Crippen MR) is 282 cm³/mol. The molecule has 8 rings (SSSR count). The van der Waals surface area contributed by atoms with Gasteiger partial charge in [-0.05, 0) is 146 Å². The van der Waals surface area contributed by atoms with Gasteiger partial charge in [-0.3, -0.25) is 4.79 Å². The summed E-state index contributed by atoms with van der Waals surface area (Å²) in [6, 6.07) is 13.9. The molecule has 3 fully saturated rings. The van der Waals surface area contributed by atoms with Gasteiger partial charge in [0.25, 0.3) is 0 Å². The number of carbonyl (C=O) groups is 2. The van der Waals surface area contributed by atoms with Crippen molar-refractivity contribution in [3.8, 4) is 17.7 Å². The zero-order chi connectivity index (χ0) is 55.9. The summed E-state index contributed by atoms with van der Waals surface area (Å²) < 4.78 is 105. The van der Waals surface area contributed by atoms with Gasteiger partial charge >= 0.3 is 19.4 Å². The van der Waals surface area contributed by atoms with E-state index in [-0.39, 0.29) is 43.4 Å². The fraction of sp³-hybridized carbons (Fsp3) is 0.518. The molecule has 0 bridgehead atoms. The predicted octanol–water partition coefficient (Wildman–Crippen LogP) is 11.6. The van der Waals surface area contributed by atoms with E-state index in [1.807, 2.05) is 64.8 Å². The van der Waals surface area contributed by atoms with Crippen molar-refractivity contribution in [2.75, 3.05) is 47.0 Å². The van der Waals surface area contributed by atoms with Gasteiger partial charge in [0, 0.05) is 63.3 Å². The number of hydrogen-bond donors (Lipinski definition) is 0. The number of fused-ring (bicyclic) bond motifs is 2. The number of carbonyl (C=O) groups excluding carboxylic acids is 2. The molecule has 2 unspecified atom stereocenters. The van der Waals surface area contributed by atoms with E-state index in [4.69, 9.17) is 28.3 Å². The van der Waals surface area contributed by atoms with Crippen molar-refractivity contribution in [1.82, 2.24) is 34.3 Å². The summed E-state index contributed by atoms with van der Waals surface area (Å²) in [6.45, 7) is 17.2. The lowest BCUT2D eigenvalue weighted by Gasteiger charge is -2.32. The van der Waals surface area contributed by atoms with Crippen LogP contribution in [0.3, 0.4) is 0 Å². The average molecular weight is 1070 g/mol. The third kappa shape index (κ3) is 14.8. The average Bonchev–Trinajstić information content (AvgIpc) is 4.00. The molecular weight excluding hydrogens is 1000 g/mol. The number of alkyl halides is 3. The molecule has 77 heavy (non-hydrogen) atoms. The van der Waals surface area contributed by atoms with Crippen LogP contribution >= 0.6 is 0 Å². The first-order valence-electron chi connectivity index (χ1n) is 26.0. The molecule has 3 aliphatic heterocycles. The summed E-state index contributed by atoms with van der Waals surface area (Å²) in [5, 5.41) is 8.76. The van der Waals surface area contributed by atoms with Crippen LogP contribution in [0.5, 0.6) is 5.88 Å². The molecule has 3 saturated heterocycles. The molecule has 0 spiro atoms. The van der Waals surface area contributed by atoms with Gasteiger partial charge in [0.05, 0.1) is 39.6 Å². The molecule has 0 N–H and O–H groups in total. The standard InChI is InChI=1S/C40H55BFN5O7.C16H14F4N2O/c1-11-30(41-53-39(5,6)40(7,8)54-41)35(27-17-19-31-29(25-27)36(42)44-47(31)34-16-12-13-23-51-34)28-18-20-32(43-26-28)50-24-22-46(37(49)52-38(2,3)4)21-14-15-33(48)45(9)10;17-15-12-10-11(4-3-8-16(18,19)20)6-7-13(12)22(21-15)14-5-1-2-9-23-14/h14-15,17-20,25-26,34H,11-13,16,21-24H2,1-10H3;6-7,10,14H,1-2,5,8-9H2/b15-14+,35-30-;. The second-order valence-corrected chi connectivity index (χ2v) is 21.3. The largest absolute Gasteiger partial charge is 0.491 e. The van der Waals surface area contributed by atoms with E-state index in [0.29, 0.717) is 47.5 Å². The highest BCUT2D eigenvalue weighted by Gasteiger charge is 2.52. The van der Waals surface area contributed by atoms with Crippen LogP contribution in [0.15, 0.2) is 72.4 Å². The zero-order valence-corrected chi connectivity index (χ0v) is 45.6. The normalized spacial score (nSPS) is 18.8. The third-order valence-electron chi connectivity index (χ3n) is 13.5. The molecule has 0 radical (unpaired) electrons. The summed E-state index contributed by atoms with van der Waals surface area (Å²) in [5.74, 6) is 3.38. The number of pyridine rings is 1. The monoisotopic (exact) mass is 1070 g/mol. The number of rotatable bonds is 13. The van der Waals surface area contributed by atoms with Crippen molar-refractivity contribution in [3.05, 3.63) is 101 Å². The second-order valence-electron chi connectivity index (χ2n) is 21.3. The van der Waals surface area contributed by atoms with E-state index in [2.05, 4.69) is 21.1 Å². The number of allylic oxidation sites excluding steroid dienone is 1. The van der Waals surface area contributed by atoms with Crippen molar-refractivity contribution in [1.29, 1.82) is 0 Å². The van der Waals surface area contributed by atoms with Gasteiger partial charge < -0.3 is 38.1 Å². The Labute approximate surface area is 447 Å². The molecule has 2 atom stereocenters. The molecule has 6 heterocycles. The lowest BCUT2D eigenvalue weighted by Crippen LogP contribution is -2.41. The molecule has 21 heteroatoms.